The number of carbonyl (C=O) groups is 2. The van der Waals surface area contributed by atoms with Gasteiger partial charge in [0, 0.05) is 50.5 Å². The highest BCUT2D eigenvalue weighted by molar-refractivity contribution is 5.97. The number of pyridine rings is 1. The van der Waals surface area contributed by atoms with E-state index in [9.17, 15) is 14.0 Å². The molecule has 0 aliphatic carbocycles. The van der Waals surface area contributed by atoms with E-state index in [-0.39, 0.29) is 48.5 Å². The van der Waals surface area contributed by atoms with Crippen molar-refractivity contribution in [1.82, 2.24) is 19.7 Å². The second-order valence-electron chi connectivity index (χ2n) is 13.6. The van der Waals surface area contributed by atoms with Gasteiger partial charge in [-0.3, -0.25) is 19.5 Å². The number of anilines is 1. The second-order valence-corrected chi connectivity index (χ2v) is 13.6. The molecular formula is C34H48FN5O5. The number of fused-ring (bicyclic) bond motifs is 1. The normalized spacial score (nSPS) is 24.6. The fourth-order valence-corrected chi connectivity index (χ4v) is 6.39. The van der Waals surface area contributed by atoms with Crippen LogP contribution in [0.15, 0.2) is 36.5 Å². The summed E-state index contributed by atoms with van der Waals surface area (Å²) in [5, 5.41) is 0. The lowest BCUT2D eigenvalue weighted by Gasteiger charge is -2.48. The standard InChI is InChI=1S/C34H48FN5O5/c1-7-28-22-44-32-30(15-26(16-36-32)14-25-8-10-27(35)11-9-25)40(28)31(41)20-38-17-23(2)39(33(42)45-34(4,5)6)19-29(38)18-37-12-13-43-21-24(37)3/h8-11,15-16,23-24,28-29H,7,12-14,17-22H2,1-6H3/t23-,24-,28+,29+/m1/s1. The van der Waals surface area contributed by atoms with Crippen molar-refractivity contribution < 1.29 is 28.2 Å². The summed E-state index contributed by atoms with van der Waals surface area (Å²) in [7, 11) is 0. The smallest absolute Gasteiger partial charge is 0.410 e. The Balaban J connectivity index is 1.38. The van der Waals surface area contributed by atoms with Crippen molar-refractivity contribution in [3.8, 4) is 5.88 Å². The van der Waals surface area contributed by atoms with Gasteiger partial charge in [0.15, 0.2) is 0 Å². The third-order valence-electron chi connectivity index (χ3n) is 8.86. The molecule has 0 saturated carbocycles. The van der Waals surface area contributed by atoms with E-state index in [1.54, 1.807) is 18.3 Å². The van der Waals surface area contributed by atoms with E-state index in [4.69, 9.17) is 14.2 Å². The third-order valence-corrected chi connectivity index (χ3v) is 8.86. The van der Waals surface area contributed by atoms with Gasteiger partial charge in [0.25, 0.3) is 0 Å². The number of aromatic nitrogens is 1. The summed E-state index contributed by atoms with van der Waals surface area (Å²) < 4.78 is 30.9. The molecule has 2 aromatic rings. The van der Waals surface area contributed by atoms with Crippen LogP contribution >= 0.6 is 0 Å². The first-order valence-corrected chi connectivity index (χ1v) is 16.2. The lowest BCUT2D eigenvalue weighted by atomic mass is 10.0. The highest BCUT2D eigenvalue weighted by atomic mass is 19.1. The lowest BCUT2D eigenvalue weighted by Crippen LogP contribution is -2.64. The van der Waals surface area contributed by atoms with E-state index >= 15 is 0 Å². The van der Waals surface area contributed by atoms with Crippen LogP contribution in [-0.2, 0) is 20.7 Å². The minimum absolute atomic E-state index is 0.0231. The highest BCUT2D eigenvalue weighted by Gasteiger charge is 2.40. The predicted molar refractivity (Wildman–Crippen MR) is 170 cm³/mol. The summed E-state index contributed by atoms with van der Waals surface area (Å²) in [4.78, 5) is 40.4. The van der Waals surface area contributed by atoms with Crippen molar-refractivity contribution in [2.75, 3.05) is 57.4 Å². The molecule has 3 aliphatic rings. The molecule has 1 aromatic carbocycles. The molecule has 2 saturated heterocycles. The molecule has 10 nitrogen and oxygen atoms in total. The van der Waals surface area contributed by atoms with Gasteiger partial charge in [-0.25, -0.2) is 14.2 Å². The van der Waals surface area contributed by atoms with Crippen molar-refractivity contribution in [2.45, 2.75) is 84.2 Å². The Labute approximate surface area is 266 Å². The fourth-order valence-electron chi connectivity index (χ4n) is 6.39. The number of halogens is 1. The van der Waals surface area contributed by atoms with Gasteiger partial charge in [0.2, 0.25) is 11.8 Å². The minimum Gasteiger partial charge on any atom is -0.474 e. The van der Waals surface area contributed by atoms with Gasteiger partial charge in [-0.05, 0) is 76.8 Å². The van der Waals surface area contributed by atoms with Crippen LogP contribution in [0.25, 0.3) is 0 Å². The monoisotopic (exact) mass is 625 g/mol. The van der Waals surface area contributed by atoms with E-state index in [1.165, 1.54) is 12.1 Å². The van der Waals surface area contributed by atoms with Gasteiger partial charge in [0.1, 0.15) is 23.7 Å². The van der Waals surface area contributed by atoms with Gasteiger partial charge in [-0.15, -0.1) is 0 Å². The van der Waals surface area contributed by atoms with Crippen LogP contribution in [0.2, 0.25) is 0 Å². The number of nitrogens with zero attached hydrogens (tertiary/aromatic N) is 5. The Morgan fingerprint density at radius 3 is 2.47 bits per heavy atom. The molecule has 45 heavy (non-hydrogen) atoms. The van der Waals surface area contributed by atoms with Gasteiger partial charge in [-0.2, -0.15) is 0 Å². The summed E-state index contributed by atoms with van der Waals surface area (Å²) in [6, 6.07) is 8.30. The zero-order valence-electron chi connectivity index (χ0n) is 27.5. The maximum absolute atomic E-state index is 14.3. The molecule has 246 valence electrons. The van der Waals surface area contributed by atoms with E-state index < -0.39 is 5.60 Å². The molecule has 0 spiro atoms. The number of rotatable bonds is 7. The average molecular weight is 626 g/mol. The molecule has 2 fully saturated rings. The van der Waals surface area contributed by atoms with E-state index in [0.717, 1.165) is 24.1 Å². The lowest BCUT2D eigenvalue weighted by molar-refractivity contribution is -0.122. The summed E-state index contributed by atoms with van der Waals surface area (Å²) >= 11 is 0. The maximum Gasteiger partial charge on any atom is 0.410 e. The Morgan fingerprint density at radius 2 is 1.78 bits per heavy atom. The van der Waals surface area contributed by atoms with Crippen LogP contribution in [0.3, 0.4) is 0 Å². The van der Waals surface area contributed by atoms with Crippen LogP contribution in [0.5, 0.6) is 5.88 Å². The molecule has 1 aromatic heterocycles. The first-order chi connectivity index (χ1) is 21.4. The molecule has 11 heteroatoms. The molecule has 5 rings (SSSR count). The number of hydrogen-bond donors (Lipinski definition) is 0. The van der Waals surface area contributed by atoms with Crippen LogP contribution in [-0.4, -0.2) is 114 Å². The van der Waals surface area contributed by atoms with Gasteiger partial charge in [0.05, 0.1) is 25.8 Å². The number of amides is 2. The Hall–Kier alpha value is -3.28. The van der Waals surface area contributed by atoms with Crippen molar-refractivity contribution in [3.63, 3.8) is 0 Å². The molecule has 0 unspecified atom stereocenters. The predicted octanol–water partition coefficient (Wildman–Crippen LogP) is 4.35. The highest BCUT2D eigenvalue weighted by Crippen LogP contribution is 2.35. The average Bonchev–Trinajstić information content (AvgIpc) is 2.99. The maximum atomic E-state index is 14.3. The molecule has 0 bridgehead atoms. The van der Waals surface area contributed by atoms with Crippen molar-refractivity contribution in [3.05, 3.63) is 53.5 Å². The van der Waals surface area contributed by atoms with Gasteiger partial charge >= 0.3 is 6.09 Å². The minimum atomic E-state index is -0.597. The molecule has 0 N–H and O–H groups in total. The topological polar surface area (TPSA) is 87.7 Å². The fraction of sp³-hybridized carbons (Fsp3) is 0.618. The summed E-state index contributed by atoms with van der Waals surface area (Å²) in [6.45, 7) is 16.3. The van der Waals surface area contributed by atoms with Crippen LogP contribution in [0, 0.1) is 5.82 Å². The molecule has 4 heterocycles. The van der Waals surface area contributed by atoms with Gasteiger partial charge in [-0.1, -0.05) is 19.1 Å². The first kappa shape index (κ1) is 33.1. The zero-order chi connectivity index (χ0) is 32.3. The summed E-state index contributed by atoms with van der Waals surface area (Å²) in [5.41, 5.74) is 1.94. The number of piperazine rings is 1. The Kier molecular flexibility index (Phi) is 10.3. The SMILES string of the molecule is CC[C@H]1COc2ncc(Cc3ccc(F)cc3)cc2N1C(=O)CN1C[C@@H](C)N(C(=O)OC(C)(C)C)C[C@@H]1CN1CCOC[C@H]1C. The van der Waals surface area contributed by atoms with Crippen molar-refractivity contribution >= 4 is 17.7 Å². The molecule has 2 amide bonds. The molecule has 3 aliphatic heterocycles. The number of ether oxygens (including phenoxy) is 3. The van der Waals surface area contributed by atoms with Crippen molar-refractivity contribution in [1.29, 1.82) is 0 Å². The molecular weight excluding hydrogens is 577 g/mol. The zero-order valence-corrected chi connectivity index (χ0v) is 27.5. The summed E-state index contributed by atoms with van der Waals surface area (Å²) in [5.74, 6) is 0.142. The van der Waals surface area contributed by atoms with Crippen LogP contribution < -0.4 is 9.64 Å². The largest absolute Gasteiger partial charge is 0.474 e. The van der Waals surface area contributed by atoms with Crippen LogP contribution in [0.4, 0.5) is 14.9 Å². The number of carbonyl (C=O) groups excluding carboxylic acids is 2. The van der Waals surface area contributed by atoms with E-state index in [0.29, 0.717) is 57.4 Å². The second kappa shape index (κ2) is 14.0. The van der Waals surface area contributed by atoms with Gasteiger partial charge < -0.3 is 19.1 Å². The number of hydrogen-bond acceptors (Lipinski definition) is 8. The molecule has 0 radical (unpaired) electrons. The Morgan fingerprint density at radius 1 is 1.02 bits per heavy atom. The van der Waals surface area contributed by atoms with E-state index in [2.05, 4.69) is 28.6 Å². The number of morpholine rings is 1. The quantitative estimate of drug-likeness (QED) is 0.449. The Bertz CT molecular complexity index is 1340. The molecule has 4 atom stereocenters. The summed E-state index contributed by atoms with van der Waals surface area (Å²) in [6.07, 6.45) is 2.72. The van der Waals surface area contributed by atoms with E-state index in [1.807, 2.05) is 43.6 Å². The van der Waals surface area contributed by atoms with Crippen LogP contribution in [0.1, 0.15) is 59.1 Å². The first-order valence-electron chi connectivity index (χ1n) is 16.2. The third kappa shape index (κ3) is 8.12. The number of benzene rings is 1. The van der Waals surface area contributed by atoms with Crippen molar-refractivity contribution in [2.24, 2.45) is 0 Å².